The number of aliphatic imine (C=N–C) groups is 1. The molecular weight excluding hydrogens is 623 g/mol. The minimum absolute atomic E-state index is 0.0349. The first-order chi connectivity index (χ1) is 22.7. The number of rotatable bonds is 9. The van der Waals surface area contributed by atoms with Crippen LogP contribution in [-0.4, -0.2) is 56.8 Å². The van der Waals surface area contributed by atoms with E-state index in [1.54, 1.807) is 0 Å². The molecule has 3 aromatic rings. The smallest absolute Gasteiger partial charge is 0.371 e. The Balaban J connectivity index is 1.17. The van der Waals surface area contributed by atoms with Crippen LogP contribution in [-0.2, 0) is 33.5 Å². The SMILES string of the molecule is Cc1nc(CC(N)=O)nc(C)c1-c1ccc(COC2(C)CC2)c(N2CCC3(CC2)N=C(c2ccc(C(F)(F)F)nc2C2CC2)NC3=O)c1. The molecule has 4 heterocycles. The summed E-state index contributed by atoms with van der Waals surface area (Å²) in [7, 11) is 0. The third-order valence-corrected chi connectivity index (χ3v) is 9.90. The van der Waals surface area contributed by atoms with Crippen molar-refractivity contribution < 1.29 is 27.5 Å². The molecule has 1 spiro atoms. The Kier molecular flexibility index (Phi) is 7.80. The van der Waals surface area contributed by atoms with Gasteiger partial charge in [0.05, 0.1) is 24.3 Å². The normalized spacial score (nSPS) is 19.8. The van der Waals surface area contributed by atoms with Crippen LogP contribution in [0.3, 0.4) is 0 Å². The number of aromatic nitrogens is 3. The van der Waals surface area contributed by atoms with Gasteiger partial charge in [-0.25, -0.2) is 15.0 Å². The van der Waals surface area contributed by atoms with E-state index in [0.29, 0.717) is 55.5 Å². The van der Waals surface area contributed by atoms with E-state index in [1.165, 1.54) is 6.07 Å². The van der Waals surface area contributed by atoms with Crippen molar-refractivity contribution in [3.8, 4) is 11.1 Å². The van der Waals surface area contributed by atoms with Crippen molar-refractivity contribution >= 4 is 23.3 Å². The first kappa shape index (κ1) is 32.2. The second-order valence-electron chi connectivity index (χ2n) is 13.7. The molecule has 1 aromatic carbocycles. The molecule has 48 heavy (non-hydrogen) atoms. The summed E-state index contributed by atoms with van der Waals surface area (Å²) in [4.78, 5) is 45.1. The zero-order chi connectivity index (χ0) is 34.0. The molecule has 1 saturated heterocycles. The number of ether oxygens (including phenoxy) is 1. The Morgan fingerprint density at radius 1 is 1.04 bits per heavy atom. The van der Waals surface area contributed by atoms with E-state index < -0.39 is 23.3 Å². The number of halogens is 3. The van der Waals surface area contributed by atoms with Crippen LogP contribution in [0.2, 0.25) is 0 Å². The van der Waals surface area contributed by atoms with Crippen molar-refractivity contribution in [2.75, 3.05) is 18.0 Å². The number of nitrogens with two attached hydrogens (primary N) is 1. The molecule has 2 aliphatic heterocycles. The van der Waals surface area contributed by atoms with Gasteiger partial charge in [0.15, 0.2) is 0 Å². The van der Waals surface area contributed by atoms with Gasteiger partial charge in [0.1, 0.15) is 22.9 Å². The molecule has 3 N–H and O–H groups in total. The molecule has 4 aliphatic rings. The standard InChI is InChI=1S/C35H38F3N7O3/c1-19-29(20(2)41-28(40-19)17-27(39)46)22-6-7-23(18-48-33(3)10-11-33)25(16-22)45-14-12-34(13-15-45)32(47)43-31(44-34)24-8-9-26(35(36,37)38)42-30(24)21-4-5-21/h6-9,16,21H,4-5,10-15,17-18H2,1-3H3,(H2,39,46)(H,43,44,47). The molecule has 7 rings (SSSR count). The number of amides is 2. The quantitative estimate of drug-likeness (QED) is 0.327. The predicted molar refractivity (Wildman–Crippen MR) is 172 cm³/mol. The molecule has 0 bridgehead atoms. The summed E-state index contributed by atoms with van der Waals surface area (Å²) >= 11 is 0. The molecule has 2 aromatic heterocycles. The van der Waals surface area contributed by atoms with Crippen molar-refractivity contribution in [3.63, 3.8) is 0 Å². The Morgan fingerprint density at radius 2 is 1.73 bits per heavy atom. The third-order valence-electron chi connectivity index (χ3n) is 9.90. The Labute approximate surface area is 276 Å². The number of carbonyl (C=O) groups is 2. The number of nitrogens with one attached hydrogen (secondary N) is 1. The van der Waals surface area contributed by atoms with Gasteiger partial charge in [0, 0.05) is 52.8 Å². The summed E-state index contributed by atoms with van der Waals surface area (Å²) in [6, 6.07) is 8.56. The number of pyridine rings is 1. The van der Waals surface area contributed by atoms with Crippen LogP contribution in [0.4, 0.5) is 18.9 Å². The van der Waals surface area contributed by atoms with Gasteiger partial charge < -0.3 is 20.7 Å². The first-order valence-electron chi connectivity index (χ1n) is 16.4. The summed E-state index contributed by atoms with van der Waals surface area (Å²) in [5, 5.41) is 2.89. The number of carbonyl (C=O) groups excluding carboxylic acids is 2. The van der Waals surface area contributed by atoms with Crippen molar-refractivity contribution in [2.45, 2.75) is 95.6 Å². The van der Waals surface area contributed by atoms with Gasteiger partial charge in [-0.1, -0.05) is 12.1 Å². The summed E-state index contributed by atoms with van der Waals surface area (Å²) in [6.45, 7) is 7.39. The van der Waals surface area contributed by atoms with Crippen molar-refractivity contribution in [1.29, 1.82) is 0 Å². The second-order valence-corrected chi connectivity index (χ2v) is 13.7. The van der Waals surface area contributed by atoms with Crippen LogP contribution >= 0.6 is 0 Å². The topological polar surface area (TPSA) is 136 Å². The highest BCUT2D eigenvalue weighted by Gasteiger charge is 2.47. The number of anilines is 1. The van der Waals surface area contributed by atoms with Crippen LogP contribution in [0.5, 0.6) is 0 Å². The molecule has 0 radical (unpaired) electrons. The predicted octanol–water partition coefficient (Wildman–Crippen LogP) is 5.06. The van der Waals surface area contributed by atoms with Gasteiger partial charge in [0.2, 0.25) is 5.91 Å². The molecule has 2 amide bonds. The van der Waals surface area contributed by atoms with Crippen LogP contribution in [0.1, 0.15) is 91.1 Å². The molecule has 13 heteroatoms. The minimum atomic E-state index is -4.55. The number of hydrogen-bond acceptors (Lipinski definition) is 8. The molecule has 10 nitrogen and oxygen atoms in total. The van der Waals surface area contributed by atoms with E-state index in [-0.39, 0.29) is 23.8 Å². The lowest BCUT2D eigenvalue weighted by Crippen LogP contribution is -2.49. The third kappa shape index (κ3) is 6.27. The van der Waals surface area contributed by atoms with Crippen LogP contribution in [0.15, 0.2) is 35.3 Å². The summed E-state index contributed by atoms with van der Waals surface area (Å²) in [6.07, 6.45) is -0.162. The molecule has 252 valence electrons. The number of nitrogens with zero attached hydrogens (tertiary/aromatic N) is 5. The van der Waals surface area contributed by atoms with Gasteiger partial charge in [-0.3, -0.25) is 14.6 Å². The Bertz CT molecular complexity index is 1820. The monoisotopic (exact) mass is 661 g/mol. The molecule has 3 fully saturated rings. The van der Waals surface area contributed by atoms with Gasteiger partial charge >= 0.3 is 6.18 Å². The van der Waals surface area contributed by atoms with E-state index in [1.807, 2.05) is 19.9 Å². The lowest BCUT2D eigenvalue weighted by molar-refractivity contribution is -0.141. The van der Waals surface area contributed by atoms with E-state index in [2.05, 4.69) is 44.2 Å². The number of hydrogen-bond donors (Lipinski definition) is 2. The van der Waals surface area contributed by atoms with Gasteiger partial charge in [0.25, 0.3) is 5.91 Å². The average Bonchev–Trinajstić information content (AvgIpc) is 3.96. The summed E-state index contributed by atoms with van der Waals surface area (Å²) in [5.41, 5.74) is 9.42. The highest BCUT2D eigenvalue weighted by atomic mass is 19.4. The van der Waals surface area contributed by atoms with Gasteiger partial charge in [-0.05, 0) is 83.1 Å². The maximum atomic E-state index is 13.5. The Hall–Kier alpha value is -4.39. The number of amidine groups is 1. The van der Waals surface area contributed by atoms with Crippen LogP contribution < -0.4 is 16.0 Å². The van der Waals surface area contributed by atoms with Crippen LogP contribution in [0, 0.1) is 13.8 Å². The van der Waals surface area contributed by atoms with Gasteiger partial charge in [-0.15, -0.1) is 0 Å². The molecule has 2 saturated carbocycles. The lowest BCUT2D eigenvalue weighted by Gasteiger charge is -2.38. The first-order valence-corrected chi connectivity index (χ1v) is 16.4. The highest BCUT2D eigenvalue weighted by molar-refractivity contribution is 6.16. The Morgan fingerprint density at radius 3 is 2.33 bits per heavy atom. The van der Waals surface area contributed by atoms with Crippen LogP contribution in [0.25, 0.3) is 11.1 Å². The number of benzene rings is 1. The number of primary amides is 1. The zero-order valence-electron chi connectivity index (χ0n) is 27.2. The fraction of sp³-hybridized carbons (Fsp3) is 0.486. The van der Waals surface area contributed by atoms with Crippen molar-refractivity contribution in [1.82, 2.24) is 20.3 Å². The number of alkyl halides is 3. The molecular formula is C35H38F3N7O3. The van der Waals surface area contributed by atoms with Gasteiger partial charge in [-0.2, -0.15) is 13.2 Å². The summed E-state index contributed by atoms with van der Waals surface area (Å²) in [5.74, 6) is -0.111. The minimum Gasteiger partial charge on any atom is -0.371 e. The second kappa shape index (κ2) is 11.6. The lowest BCUT2D eigenvalue weighted by atomic mass is 9.87. The highest BCUT2D eigenvalue weighted by Crippen LogP contribution is 2.44. The summed E-state index contributed by atoms with van der Waals surface area (Å²) < 4.78 is 46.6. The van der Waals surface area contributed by atoms with E-state index in [4.69, 9.17) is 15.5 Å². The van der Waals surface area contributed by atoms with E-state index in [0.717, 1.165) is 65.5 Å². The van der Waals surface area contributed by atoms with E-state index >= 15 is 0 Å². The zero-order valence-corrected chi connectivity index (χ0v) is 27.2. The molecule has 2 aliphatic carbocycles. The average molecular weight is 662 g/mol. The molecule has 0 unspecified atom stereocenters. The van der Waals surface area contributed by atoms with E-state index in [9.17, 15) is 22.8 Å². The molecule has 0 atom stereocenters. The number of piperidine rings is 1. The maximum absolute atomic E-state index is 13.5. The largest absolute Gasteiger partial charge is 0.433 e. The maximum Gasteiger partial charge on any atom is 0.433 e. The fourth-order valence-corrected chi connectivity index (χ4v) is 6.75. The number of aryl methyl sites for hydroxylation is 2. The van der Waals surface area contributed by atoms with Crippen molar-refractivity contribution in [3.05, 3.63) is 70.1 Å². The van der Waals surface area contributed by atoms with Crippen molar-refractivity contribution in [2.24, 2.45) is 10.7 Å². The fourth-order valence-electron chi connectivity index (χ4n) is 6.75.